The van der Waals surface area contributed by atoms with Crippen molar-refractivity contribution >= 4 is 22.5 Å². The van der Waals surface area contributed by atoms with Gasteiger partial charge in [-0.15, -0.1) is 0 Å². The van der Waals surface area contributed by atoms with Crippen LogP contribution in [0.4, 0.5) is 5.69 Å². The fraction of sp³-hybridized carbons (Fsp3) is 0.400. The average molecular weight is 448 g/mol. The Morgan fingerprint density at radius 2 is 2.12 bits per heavy atom. The Morgan fingerprint density at radius 1 is 1.24 bits per heavy atom. The van der Waals surface area contributed by atoms with Gasteiger partial charge in [0.2, 0.25) is 5.88 Å². The van der Waals surface area contributed by atoms with Gasteiger partial charge in [-0.05, 0) is 43.7 Å². The molecule has 0 saturated carbocycles. The molecule has 172 valence electrons. The summed E-state index contributed by atoms with van der Waals surface area (Å²) in [5.41, 5.74) is 4.59. The highest BCUT2D eigenvalue weighted by Crippen LogP contribution is 2.32. The molecule has 1 atom stereocenters. The lowest BCUT2D eigenvalue weighted by Gasteiger charge is -2.43. The lowest BCUT2D eigenvalue weighted by molar-refractivity contribution is 0.0958. The zero-order chi connectivity index (χ0) is 22.9. The fourth-order valence-corrected chi connectivity index (χ4v) is 4.77. The van der Waals surface area contributed by atoms with Gasteiger partial charge in [0, 0.05) is 55.8 Å². The molecule has 2 aliphatic rings. The minimum absolute atomic E-state index is 0.169. The minimum atomic E-state index is -0.169. The Labute approximate surface area is 193 Å². The SMILES string of the molecule is CNC(=O)c1ccc(N2CCN3Cc4cc5nc(OC)c(C)cc5cc4OCC[C@H]3C2)cn1. The van der Waals surface area contributed by atoms with Gasteiger partial charge in [-0.25, -0.2) is 9.97 Å². The maximum atomic E-state index is 11.8. The summed E-state index contributed by atoms with van der Waals surface area (Å²) in [7, 11) is 3.27. The van der Waals surface area contributed by atoms with Gasteiger partial charge in [0.1, 0.15) is 11.4 Å². The second kappa shape index (κ2) is 8.86. The van der Waals surface area contributed by atoms with Crippen molar-refractivity contribution in [3.05, 3.63) is 53.3 Å². The lowest BCUT2D eigenvalue weighted by atomic mass is 10.0. The molecular formula is C25H29N5O3. The summed E-state index contributed by atoms with van der Waals surface area (Å²) in [6.45, 7) is 6.27. The Morgan fingerprint density at radius 3 is 2.88 bits per heavy atom. The van der Waals surface area contributed by atoms with Gasteiger partial charge in [0.05, 0.1) is 31.1 Å². The largest absolute Gasteiger partial charge is 0.493 e. The van der Waals surface area contributed by atoms with Crippen molar-refractivity contribution in [3.63, 3.8) is 0 Å². The van der Waals surface area contributed by atoms with E-state index in [1.54, 1.807) is 26.4 Å². The third-order valence-electron chi connectivity index (χ3n) is 6.59. The van der Waals surface area contributed by atoms with Crippen LogP contribution in [0.5, 0.6) is 11.6 Å². The summed E-state index contributed by atoms with van der Waals surface area (Å²) in [4.78, 5) is 25.7. The van der Waals surface area contributed by atoms with Gasteiger partial charge in [0.25, 0.3) is 5.91 Å². The van der Waals surface area contributed by atoms with Crippen LogP contribution in [0, 0.1) is 6.92 Å². The molecule has 2 aromatic heterocycles. The lowest BCUT2D eigenvalue weighted by Crippen LogP contribution is -2.53. The standard InChI is InChI=1S/C25H29N5O3/c1-16-10-17-12-23-18(11-22(17)28-25(16)32-3)14-29-7-8-30(15-20(29)6-9-33-23)19-4-5-21(27-13-19)24(31)26-2/h4-5,10-13,20H,6-9,14-15H2,1-3H3,(H,26,31)/t20-/m0/s1. The zero-order valence-corrected chi connectivity index (χ0v) is 19.3. The van der Waals surface area contributed by atoms with E-state index in [4.69, 9.17) is 14.5 Å². The van der Waals surface area contributed by atoms with Gasteiger partial charge >= 0.3 is 0 Å². The number of anilines is 1. The molecule has 0 aliphatic carbocycles. The number of methoxy groups -OCH3 is 1. The van der Waals surface area contributed by atoms with Crippen LogP contribution < -0.4 is 19.7 Å². The maximum absolute atomic E-state index is 11.8. The van der Waals surface area contributed by atoms with Crippen LogP contribution in [-0.4, -0.2) is 67.2 Å². The third-order valence-corrected chi connectivity index (χ3v) is 6.59. The van der Waals surface area contributed by atoms with Crippen LogP contribution in [0.1, 0.15) is 28.0 Å². The fourth-order valence-electron chi connectivity index (χ4n) is 4.77. The maximum Gasteiger partial charge on any atom is 0.269 e. The highest BCUT2D eigenvalue weighted by molar-refractivity contribution is 5.92. The second-order valence-corrected chi connectivity index (χ2v) is 8.66. The second-order valence-electron chi connectivity index (χ2n) is 8.66. The molecule has 33 heavy (non-hydrogen) atoms. The molecule has 2 aliphatic heterocycles. The number of nitrogens with one attached hydrogen (secondary N) is 1. The highest BCUT2D eigenvalue weighted by Gasteiger charge is 2.30. The van der Waals surface area contributed by atoms with Crippen molar-refractivity contribution in [3.8, 4) is 11.6 Å². The first-order chi connectivity index (χ1) is 16.1. The number of hydrogen-bond donors (Lipinski definition) is 1. The van der Waals surface area contributed by atoms with Crippen LogP contribution in [0.15, 0.2) is 36.5 Å². The van der Waals surface area contributed by atoms with E-state index in [-0.39, 0.29) is 5.91 Å². The molecule has 0 radical (unpaired) electrons. The number of ether oxygens (including phenoxy) is 2. The molecule has 5 rings (SSSR count). The molecule has 4 heterocycles. The molecular weight excluding hydrogens is 418 g/mol. The quantitative estimate of drug-likeness (QED) is 0.661. The minimum Gasteiger partial charge on any atom is -0.493 e. The van der Waals surface area contributed by atoms with Gasteiger partial charge in [0.15, 0.2) is 0 Å². The summed E-state index contributed by atoms with van der Waals surface area (Å²) < 4.78 is 11.6. The third kappa shape index (κ3) is 4.18. The van der Waals surface area contributed by atoms with E-state index >= 15 is 0 Å². The molecule has 0 unspecified atom stereocenters. The van der Waals surface area contributed by atoms with E-state index in [9.17, 15) is 4.79 Å². The van der Waals surface area contributed by atoms with Crippen molar-refractivity contribution in [2.75, 3.05) is 45.3 Å². The number of aryl methyl sites for hydroxylation is 1. The summed E-state index contributed by atoms with van der Waals surface area (Å²) in [6.07, 6.45) is 2.75. The molecule has 8 heteroatoms. The summed E-state index contributed by atoms with van der Waals surface area (Å²) in [5, 5.41) is 3.68. The number of aromatic nitrogens is 2. The van der Waals surface area contributed by atoms with Crippen LogP contribution in [-0.2, 0) is 6.54 Å². The molecule has 0 bridgehead atoms. The van der Waals surface area contributed by atoms with E-state index in [1.165, 1.54) is 0 Å². The number of carbonyl (C=O) groups excluding carboxylic acids is 1. The van der Waals surface area contributed by atoms with Gasteiger partial charge in [-0.2, -0.15) is 0 Å². The van der Waals surface area contributed by atoms with Crippen LogP contribution in [0.25, 0.3) is 10.9 Å². The average Bonchev–Trinajstić information content (AvgIpc) is 2.83. The smallest absolute Gasteiger partial charge is 0.269 e. The Balaban J connectivity index is 1.36. The molecule has 8 nitrogen and oxygen atoms in total. The topological polar surface area (TPSA) is 79.8 Å². The van der Waals surface area contributed by atoms with Crippen LogP contribution in [0.3, 0.4) is 0 Å². The molecule has 3 aromatic rings. The van der Waals surface area contributed by atoms with E-state index in [1.807, 2.05) is 13.0 Å². The number of amides is 1. The number of fused-ring (bicyclic) bond motifs is 3. The zero-order valence-electron chi connectivity index (χ0n) is 19.3. The first-order valence-corrected chi connectivity index (χ1v) is 11.3. The monoisotopic (exact) mass is 447 g/mol. The van der Waals surface area contributed by atoms with E-state index in [0.29, 0.717) is 24.2 Å². The Hall–Kier alpha value is -3.39. The van der Waals surface area contributed by atoms with E-state index in [2.05, 4.69) is 38.3 Å². The molecule has 0 spiro atoms. The number of rotatable bonds is 3. The number of nitrogens with zero attached hydrogens (tertiary/aromatic N) is 4. The molecule has 1 saturated heterocycles. The van der Waals surface area contributed by atoms with Crippen molar-refractivity contribution in [1.82, 2.24) is 20.2 Å². The van der Waals surface area contributed by atoms with E-state index < -0.39 is 0 Å². The van der Waals surface area contributed by atoms with Crippen molar-refractivity contribution in [2.24, 2.45) is 0 Å². The van der Waals surface area contributed by atoms with Crippen molar-refractivity contribution < 1.29 is 14.3 Å². The number of piperazine rings is 1. The number of carbonyl (C=O) groups is 1. The number of pyridine rings is 2. The number of benzene rings is 1. The molecule has 1 amide bonds. The first-order valence-electron chi connectivity index (χ1n) is 11.3. The van der Waals surface area contributed by atoms with Crippen LogP contribution >= 0.6 is 0 Å². The van der Waals surface area contributed by atoms with Gasteiger partial charge in [-0.3, -0.25) is 9.69 Å². The summed E-state index contributed by atoms with van der Waals surface area (Å²) in [6, 6.07) is 10.5. The summed E-state index contributed by atoms with van der Waals surface area (Å²) >= 11 is 0. The summed E-state index contributed by atoms with van der Waals surface area (Å²) in [5.74, 6) is 1.44. The molecule has 1 N–H and O–H groups in total. The van der Waals surface area contributed by atoms with Crippen LogP contribution in [0.2, 0.25) is 0 Å². The van der Waals surface area contributed by atoms with Gasteiger partial charge < -0.3 is 19.7 Å². The predicted octanol–water partition coefficient (Wildman–Crippen LogP) is 2.78. The van der Waals surface area contributed by atoms with E-state index in [0.717, 1.165) is 66.1 Å². The highest BCUT2D eigenvalue weighted by atomic mass is 16.5. The van der Waals surface area contributed by atoms with Crippen molar-refractivity contribution in [1.29, 1.82) is 0 Å². The Kier molecular flexibility index (Phi) is 5.76. The normalized spacial score (nSPS) is 18.5. The Bertz CT molecular complexity index is 1180. The number of hydrogen-bond acceptors (Lipinski definition) is 7. The van der Waals surface area contributed by atoms with Gasteiger partial charge in [-0.1, -0.05) is 0 Å². The molecule has 1 fully saturated rings. The first kappa shape index (κ1) is 21.5. The van der Waals surface area contributed by atoms with Crippen molar-refractivity contribution in [2.45, 2.75) is 25.9 Å². The molecule has 1 aromatic carbocycles. The predicted molar refractivity (Wildman–Crippen MR) is 127 cm³/mol.